The Labute approximate surface area is 151 Å². The van der Waals surface area contributed by atoms with Gasteiger partial charge in [-0.1, -0.05) is 76.3 Å². The highest BCUT2D eigenvalue weighted by Crippen LogP contribution is 2.55. The smallest absolute Gasteiger partial charge is 0.184 e. The van der Waals surface area contributed by atoms with Gasteiger partial charge in [0.05, 0.1) is 12.7 Å². The maximum absolute atomic E-state index is 13.0. The van der Waals surface area contributed by atoms with E-state index in [1.165, 1.54) is 0 Å². The van der Waals surface area contributed by atoms with Gasteiger partial charge in [-0.25, -0.2) is 0 Å². The molecule has 0 amide bonds. The Morgan fingerprint density at radius 2 is 1.64 bits per heavy atom. The highest BCUT2D eigenvalue weighted by molar-refractivity contribution is 6.10. The fraction of sp³-hybridized carbons (Fsp3) is 0.435. The summed E-state index contributed by atoms with van der Waals surface area (Å²) in [6.45, 7) is 13.1. The van der Waals surface area contributed by atoms with Gasteiger partial charge in [0.15, 0.2) is 5.78 Å². The van der Waals surface area contributed by atoms with Gasteiger partial charge in [-0.2, -0.15) is 0 Å². The van der Waals surface area contributed by atoms with Gasteiger partial charge in [0.1, 0.15) is 0 Å². The van der Waals surface area contributed by atoms with Crippen molar-refractivity contribution in [1.29, 1.82) is 0 Å². The lowest BCUT2D eigenvalue weighted by Gasteiger charge is -2.38. The Bertz CT molecular complexity index is 694. The maximum Gasteiger partial charge on any atom is 0.184 e. The van der Waals surface area contributed by atoms with Crippen molar-refractivity contribution in [3.8, 4) is 0 Å². The van der Waals surface area contributed by atoms with Crippen LogP contribution in [0.15, 0.2) is 66.3 Å². The lowest BCUT2D eigenvalue weighted by Crippen LogP contribution is -2.34. The van der Waals surface area contributed by atoms with Crippen LogP contribution >= 0.6 is 0 Å². The van der Waals surface area contributed by atoms with E-state index in [1.807, 2.05) is 24.3 Å². The Balaban J connectivity index is 2.22. The fourth-order valence-electron chi connectivity index (χ4n) is 4.07. The molecule has 0 bridgehead atoms. The van der Waals surface area contributed by atoms with E-state index in [0.717, 1.165) is 16.7 Å². The predicted molar refractivity (Wildman–Crippen MR) is 102 cm³/mol. The third-order valence-electron chi connectivity index (χ3n) is 5.51. The fourth-order valence-corrected chi connectivity index (χ4v) is 4.07. The summed E-state index contributed by atoms with van der Waals surface area (Å²) in [5.41, 5.74) is 2.63. The van der Waals surface area contributed by atoms with Gasteiger partial charge in [0, 0.05) is 11.3 Å². The number of rotatable bonds is 4. The molecule has 1 aromatic carbocycles. The van der Waals surface area contributed by atoms with Gasteiger partial charge in [-0.15, -0.1) is 6.58 Å². The van der Waals surface area contributed by atoms with Gasteiger partial charge in [-0.05, 0) is 28.5 Å². The van der Waals surface area contributed by atoms with E-state index < -0.39 is 0 Å². The van der Waals surface area contributed by atoms with Crippen LogP contribution in [0.1, 0.15) is 39.4 Å². The highest BCUT2D eigenvalue weighted by atomic mass is 16.5. The number of allylic oxidation sites excluding steroid dienone is 2. The summed E-state index contributed by atoms with van der Waals surface area (Å²) in [6, 6.07) is 10.3. The molecule has 1 aliphatic heterocycles. The van der Waals surface area contributed by atoms with Gasteiger partial charge >= 0.3 is 0 Å². The molecule has 0 saturated carbocycles. The van der Waals surface area contributed by atoms with E-state index in [4.69, 9.17) is 4.74 Å². The van der Waals surface area contributed by atoms with Crippen LogP contribution in [-0.2, 0) is 9.53 Å². The summed E-state index contributed by atoms with van der Waals surface area (Å²) in [4.78, 5) is 13.0. The van der Waals surface area contributed by atoms with E-state index in [2.05, 4.69) is 58.6 Å². The van der Waals surface area contributed by atoms with Crippen LogP contribution in [0.2, 0.25) is 0 Å². The molecule has 1 aromatic rings. The highest BCUT2D eigenvalue weighted by Gasteiger charge is 2.51. The first-order valence-corrected chi connectivity index (χ1v) is 9.20. The number of carbonyl (C=O) groups excluding carboxylic acids is 1. The summed E-state index contributed by atoms with van der Waals surface area (Å²) in [6.07, 6.45) is 6.26. The molecule has 2 heteroatoms. The molecule has 1 saturated heterocycles. The quantitative estimate of drug-likeness (QED) is 0.698. The van der Waals surface area contributed by atoms with E-state index in [9.17, 15) is 4.79 Å². The zero-order valence-corrected chi connectivity index (χ0v) is 15.7. The van der Waals surface area contributed by atoms with Crippen molar-refractivity contribution in [3.63, 3.8) is 0 Å². The van der Waals surface area contributed by atoms with E-state index >= 15 is 0 Å². The second-order valence-electron chi connectivity index (χ2n) is 7.80. The molecule has 2 atom stereocenters. The second kappa shape index (κ2) is 6.76. The van der Waals surface area contributed by atoms with Crippen molar-refractivity contribution in [2.75, 3.05) is 6.61 Å². The van der Waals surface area contributed by atoms with Crippen molar-refractivity contribution in [2.45, 2.75) is 33.8 Å². The van der Waals surface area contributed by atoms with Crippen molar-refractivity contribution in [2.24, 2.45) is 23.2 Å². The summed E-state index contributed by atoms with van der Waals surface area (Å²) in [7, 11) is 0. The second-order valence-corrected chi connectivity index (χ2v) is 7.80. The van der Waals surface area contributed by atoms with E-state index in [0.29, 0.717) is 6.61 Å². The topological polar surface area (TPSA) is 26.3 Å². The van der Waals surface area contributed by atoms with Gasteiger partial charge in [-0.3, -0.25) is 4.79 Å². The average molecular weight is 336 g/mol. The first-order valence-electron chi connectivity index (χ1n) is 9.20. The molecule has 1 heterocycles. The van der Waals surface area contributed by atoms with Gasteiger partial charge in [0.25, 0.3) is 0 Å². The summed E-state index contributed by atoms with van der Waals surface area (Å²) < 4.78 is 6.26. The number of ether oxygens (including phenoxy) is 1. The summed E-state index contributed by atoms with van der Waals surface area (Å²) in [5, 5.41) is 0. The number of ketones is 1. The standard InChI is InChI=1S/C23H28O2/c1-6-18-14-25-22(17-10-8-7-9-11-17)23(18)12-19(15(2)3)21(24)20(13-23)16(4)5/h6-13,15-16,18,22H,1,14H2,2-5H3/t18-,22+/m0/s1. The number of benzene rings is 1. The zero-order chi connectivity index (χ0) is 18.2. The molecular weight excluding hydrogens is 308 g/mol. The largest absolute Gasteiger partial charge is 0.372 e. The van der Waals surface area contributed by atoms with Crippen molar-refractivity contribution >= 4 is 5.78 Å². The molecule has 25 heavy (non-hydrogen) atoms. The summed E-state index contributed by atoms with van der Waals surface area (Å²) >= 11 is 0. The molecule has 1 aliphatic carbocycles. The molecule has 0 aromatic heterocycles. The minimum atomic E-state index is -0.337. The molecule has 1 spiro atoms. The molecule has 0 radical (unpaired) electrons. The Hall–Kier alpha value is -1.93. The van der Waals surface area contributed by atoms with Crippen molar-refractivity contribution < 1.29 is 9.53 Å². The lowest BCUT2D eigenvalue weighted by molar-refractivity contribution is -0.113. The van der Waals surface area contributed by atoms with Crippen molar-refractivity contribution in [3.05, 3.63) is 71.8 Å². The lowest BCUT2D eigenvalue weighted by atomic mass is 9.64. The third-order valence-corrected chi connectivity index (χ3v) is 5.51. The summed E-state index contributed by atoms with van der Waals surface area (Å²) in [5.74, 6) is 0.731. The van der Waals surface area contributed by atoms with Crippen LogP contribution in [-0.4, -0.2) is 12.4 Å². The van der Waals surface area contributed by atoms with Crippen LogP contribution in [0.4, 0.5) is 0 Å². The Morgan fingerprint density at radius 3 is 2.12 bits per heavy atom. The van der Waals surface area contributed by atoms with E-state index in [1.54, 1.807) is 0 Å². The molecule has 132 valence electrons. The molecule has 1 fully saturated rings. The molecule has 2 nitrogen and oxygen atoms in total. The van der Waals surface area contributed by atoms with Gasteiger partial charge < -0.3 is 4.74 Å². The molecule has 0 N–H and O–H groups in total. The molecule has 2 aliphatic rings. The number of hydrogen-bond donors (Lipinski definition) is 0. The number of carbonyl (C=O) groups is 1. The Morgan fingerprint density at radius 1 is 1.08 bits per heavy atom. The van der Waals surface area contributed by atoms with Crippen LogP contribution in [0.3, 0.4) is 0 Å². The van der Waals surface area contributed by atoms with Crippen LogP contribution in [0, 0.1) is 23.2 Å². The maximum atomic E-state index is 13.0. The molecular formula is C23H28O2. The number of Topliss-reactive ketones (excluding diaryl/α,β-unsaturated/α-hetero) is 1. The van der Waals surface area contributed by atoms with E-state index in [-0.39, 0.29) is 35.1 Å². The first-order chi connectivity index (χ1) is 11.9. The first kappa shape index (κ1) is 17.9. The van der Waals surface area contributed by atoms with Gasteiger partial charge in [0.2, 0.25) is 0 Å². The normalized spacial score (nSPS) is 25.4. The van der Waals surface area contributed by atoms with Crippen molar-refractivity contribution in [1.82, 2.24) is 0 Å². The zero-order valence-electron chi connectivity index (χ0n) is 15.7. The minimum absolute atomic E-state index is 0.0905. The molecule has 3 rings (SSSR count). The average Bonchev–Trinajstić information content (AvgIpc) is 2.94. The monoisotopic (exact) mass is 336 g/mol. The Kier molecular flexibility index (Phi) is 4.83. The predicted octanol–water partition coefficient (Wildman–Crippen LogP) is 5.29. The minimum Gasteiger partial charge on any atom is -0.372 e. The SMILES string of the molecule is C=C[C@H]1CO[C@H](c2ccccc2)C12C=C(C(C)C)C(=O)C(C(C)C)=C2. The van der Waals surface area contributed by atoms with Crippen LogP contribution < -0.4 is 0 Å². The van der Waals surface area contributed by atoms with Crippen LogP contribution in [0.25, 0.3) is 0 Å². The van der Waals surface area contributed by atoms with Crippen LogP contribution in [0.5, 0.6) is 0 Å². The molecule has 0 unspecified atom stereocenters. The number of hydrogen-bond acceptors (Lipinski definition) is 2. The third kappa shape index (κ3) is 2.93.